The summed E-state index contributed by atoms with van der Waals surface area (Å²) in [5.74, 6) is -0.895. The van der Waals surface area contributed by atoms with Gasteiger partial charge >= 0.3 is 0 Å². The zero-order valence-corrected chi connectivity index (χ0v) is 9.28. The van der Waals surface area contributed by atoms with Crippen LogP contribution in [0, 0.1) is 5.92 Å². The molecule has 0 saturated carbocycles. The lowest BCUT2D eigenvalue weighted by molar-refractivity contribution is -0.122. The van der Waals surface area contributed by atoms with Gasteiger partial charge in [0.25, 0.3) is 10.0 Å². The van der Waals surface area contributed by atoms with Gasteiger partial charge in [-0.1, -0.05) is 13.8 Å². The van der Waals surface area contributed by atoms with E-state index < -0.39 is 15.9 Å². The van der Waals surface area contributed by atoms with Crippen LogP contribution in [0.25, 0.3) is 0 Å². The Morgan fingerprint density at radius 1 is 1.33 bits per heavy atom. The van der Waals surface area contributed by atoms with Gasteiger partial charge in [0.1, 0.15) is 0 Å². The van der Waals surface area contributed by atoms with Gasteiger partial charge in [-0.25, -0.2) is 13.1 Å². The minimum Gasteiger partial charge on any atom is -0.274 e. The number of carbonyl (C=O) groups is 1. The van der Waals surface area contributed by atoms with Crippen molar-refractivity contribution in [3.63, 3.8) is 0 Å². The molecule has 0 bridgehead atoms. The first-order valence-corrected chi connectivity index (χ1v) is 5.88. The molecule has 0 aliphatic heterocycles. The van der Waals surface area contributed by atoms with E-state index >= 15 is 0 Å². The number of nitrogens with zero attached hydrogens (tertiary/aromatic N) is 1. The molecule has 0 unspecified atom stereocenters. The monoisotopic (exact) mass is 228 g/mol. The highest BCUT2D eigenvalue weighted by Gasteiger charge is 2.18. The van der Waals surface area contributed by atoms with Crippen molar-refractivity contribution in [2.75, 3.05) is 0 Å². The molecule has 6 heteroatoms. The number of rotatable bonds is 3. The number of aromatic nitrogens is 1. The molecule has 82 valence electrons. The number of pyridine rings is 1. The Morgan fingerprint density at radius 3 is 2.33 bits per heavy atom. The van der Waals surface area contributed by atoms with Crippen LogP contribution < -0.4 is 4.72 Å². The van der Waals surface area contributed by atoms with Crippen LogP contribution >= 0.6 is 0 Å². The SMILES string of the molecule is CC(C)C(=O)NS(=O)(=O)c1ccncc1. The first-order chi connectivity index (χ1) is 6.93. The lowest BCUT2D eigenvalue weighted by Gasteiger charge is -2.08. The number of hydrogen-bond donors (Lipinski definition) is 1. The fourth-order valence-corrected chi connectivity index (χ4v) is 1.93. The van der Waals surface area contributed by atoms with Gasteiger partial charge in [-0.05, 0) is 12.1 Å². The van der Waals surface area contributed by atoms with Crippen molar-refractivity contribution in [1.29, 1.82) is 0 Å². The summed E-state index contributed by atoms with van der Waals surface area (Å²) in [6.45, 7) is 3.24. The van der Waals surface area contributed by atoms with Crippen LogP contribution in [0.5, 0.6) is 0 Å². The molecule has 0 aromatic carbocycles. The molecule has 1 rings (SSSR count). The van der Waals surface area contributed by atoms with Gasteiger partial charge in [-0.15, -0.1) is 0 Å². The van der Waals surface area contributed by atoms with Crippen LogP contribution in [-0.2, 0) is 14.8 Å². The second-order valence-electron chi connectivity index (χ2n) is 3.31. The molecule has 0 aliphatic carbocycles. The first-order valence-electron chi connectivity index (χ1n) is 4.40. The zero-order chi connectivity index (χ0) is 11.5. The number of amides is 1. The molecule has 0 spiro atoms. The summed E-state index contributed by atoms with van der Waals surface area (Å²) in [5.41, 5.74) is 0. The summed E-state index contributed by atoms with van der Waals surface area (Å²) in [4.78, 5) is 15.0. The summed E-state index contributed by atoms with van der Waals surface area (Å²) in [7, 11) is -3.74. The third-order valence-electron chi connectivity index (χ3n) is 1.72. The van der Waals surface area contributed by atoms with E-state index in [0.29, 0.717) is 0 Å². The van der Waals surface area contributed by atoms with E-state index in [0.717, 1.165) is 0 Å². The molecule has 1 N–H and O–H groups in total. The predicted molar refractivity (Wildman–Crippen MR) is 54.4 cm³/mol. The molecule has 1 amide bonds. The van der Waals surface area contributed by atoms with Crippen molar-refractivity contribution in [3.05, 3.63) is 24.5 Å². The van der Waals surface area contributed by atoms with Crippen molar-refractivity contribution >= 4 is 15.9 Å². The molecule has 15 heavy (non-hydrogen) atoms. The lowest BCUT2D eigenvalue weighted by Crippen LogP contribution is -2.33. The van der Waals surface area contributed by atoms with Gasteiger partial charge in [0.05, 0.1) is 4.90 Å². The van der Waals surface area contributed by atoms with E-state index in [2.05, 4.69) is 4.98 Å². The normalized spacial score (nSPS) is 11.4. The average molecular weight is 228 g/mol. The highest BCUT2D eigenvalue weighted by molar-refractivity contribution is 7.90. The summed E-state index contributed by atoms with van der Waals surface area (Å²) in [6, 6.07) is 2.66. The van der Waals surface area contributed by atoms with Crippen LogP contribution in [-0.4, -0.2) is 19.3 Å². The Balaban J connectivity index is 2.91. The van der Waals surface area contributed by atoms with E-state index in [-0.39, 0.29) is 10.8 Å². The summed E-state index contributed by atoms with van der Waals surface area (Å²) in [6.07, 6.45) is 2.71. The topological polar surface area (TPSA) is 76.1 Å². The molecule has 5 nitrogen and oxygen atoms in total. The Morgan fingerprint density at radius 2 is 1.87 bits per heavy atom. The molecule has 0 saturated heterocycles. The third-order valence-corrected chi connectivity index (χ3v) is 3.08. The molecular formula is C9H12N2O3S. The fraction of sp³-hybridized carbons (Fsp3) is 0.333. The lowest BCUT2D eigenvalue weighted by atomic mass is 10.2. The minimum absolute atomic E-state index is 0.0338. The Hall–Kier alpha value is -1.43. The highest BCUT2D eigenvalue weighted by Crippen LogP contribution is 2.06. The highest BCUT2D eigenvalue weighted by atomic mass is 32.2. The smallest absolute Gasteiger partial charge is 0.264 e. The van der Waals surface area contributed by atoms with Gasteiger partial charge in [0.2, 0.25) is 5.91 Å². The molecule has 1 aromatic heterocycles. The van der Waals surface area contributed by atoms with E-state index in [1.165, 1.54) is 24.5 Å². The quantitative estimate of drug-likeness (QED) is 0.819. The zero-order valence-electron chi connectivity index (χ0n) is 8.47. The molecule has 0 atom stereocenters. The van der Waals surface area contributed by atoms with Gasteiger partial charge in [-0.2, -0.15) is 0 Å². The van der Waals surface area contributed by atoms with Crippen molar-refractivity contribution < 1.29 is 13.2 Å². The van der Waals surface area contributed by atoms with Gasteiger partial charge in [0, 0.05) is 18.3 Å². The largest absolute Gasteiger partial charge is 0.274 e. The first kappa shape index (κ1) is 11.6. The Kier molecular flexibility index (Phi) is 3.41. The summed E-state index contributed by atoms with van der Waals surface area (Å²) in [5, 5.41) is 0. The van der Waals surface area contributed by atoms with E-state index in [1.807, 2.05) is 4.72 Å². The predicted octanol–water partition coefficient (Wildman–Crippen LogP) is 0.542. The van der Waals surface area contributed by atoms with E-state index in [1.54, 1.807) is 13.8 Å². The molecule has 0 aliphatic rings. The average Bonchev–Trinajstić information content (AvgIpc) is 2.18. The molecule has 0 fully saturated rings. The van der Waals surface area contributed by atoms with Gasteiger partial charge < -0.3 is 0 Å². The van der Waals surface area contributed by atoms with Crippen molar-refractivity contribution in [2.24, 2.45) is 5.92 Å². The van der Waals surface area contributed by atoms with Crippen LogP contribution in [0.3, 0.4) is 0 Å². The maximum absolute atomic E-state index is 11.6. The molecular weight excluding hydrogens is 216 g/mol. The van der Waals surface area contributed by atoms with Crippen LogP contribution in [0.1, 0.15) is 13.8 Å². The minimum atomic E-state index is -3.74. The van der Waals surface area contributed by atoms with Crippen molar-refractivity contribution in [2.45, 2.75) is 18.7 Å². The molecule has 1 aromatic rings. The van der Waals surface area contributed by atoms with Crippen molar-refractivity contribution in [1.82, 2.24) is 9.71 Å². The summed E-state index contributed by atoms with van der Waals surface area (Å²) < 4.78 is 25.2. The molecule has 0 radical (unpaired) electrons. The van der Waals surface area contributed by atoms with E-state index in [4.69, 9.17) is 0 Å². The second kappa shape index (κ2) is 4.39. The number of hydrogen-bond acceptors (Lipinski definition) is 4. The maximum atomic E-state index is 11.6. The fourth-order valence-electron chi connectivity index (χ4n) is 0.827. The van der Waals surface area contributed by atoms with Crippen molar-refractivity contribution in [3.8, 4) is 0 Å². The van der Waals surface area contributed by atoms with Gasteiger partial charge in [0.15, 0.2) is 0 Å². The standard InChI is InChI=1S/C9H12N2O3S/c1-7(2)9(12)11-15(13,14)8-3-5-10-6-4-8/h3-7H,1-2H3,(H,11,12). The molecule has 1 heterocycles. The maximum Gasteiger partial charge on any atom is 0.264 e. The van der Waals surface area contributed by atoms with Crippen LogP contribution in [0.15, 0.2) is 29.4 Å². The number of nitrogens with one attached hydrogen (secondary N) is 1. The number of sulfonamides is 1. The second-order valence-corrected chi connectivity index (χ2v) is 4.99. The van der Waals surface area contributed by atoms with Crippen LogP contribution in [0.2, 0.25) is 0 Å². The number of carbonyl (C=O) groups excluding carboxylic acids is 1. The van der Waals surface area contributed by atoms with E-state index in [9.17, 15) is 13.2 Å². The third kappa shape index (κ3) is 3.02. The van der Waals surface area contributed by atoms with Crippen LogP contribution in [0.4, 0.5) is 0 Å². The Bertz CT molecular complexity index is 440. The summed E-state index contributed by atoms with van der Waals surface area (Å²) >= 11 is 0. The Labute approximate surface area is 88.6 Å². The van der Waals surface area contributed by atoms with Gasteiger partial charge in [-0.3, -0.25) is 9.78 Å².